The van der Waals surface area contributed by atoms with Crippen LogP contribution in [0.4, 0.5) is 4.79 Å². The number of nitrogens with zero attached hydrogens (tertiary/aromatic N) is 2. The summed E-state index contributed by atoms with van der Waals surface area (Å²) in [6, 6.07) is -0.485. The summed E-state index contributed by atoms with van der Waals surface area (Å²) in [6.45, 7) is -0.0708. The summed E-state index contributed by atoms with van der Waals surface area (Å²) in [7, 11) is 1.53. The molecular formula is C9H14N4O4. The van der Waals surface area contributed by atoms with E-state index < -0.39 is 18.1 Å². The Morgan fingerprint density at radius 1 is 1.65 bits per heavy atom. The van der Waals surface area contributed by atoms with E-state index in [4.69, 9.17) is 10.2 Å². The standard InChI is InChI=1S/C9H14N4O4/c1-13(5-7-10-2-3-11-7)9(17)12-4-6(14)8(15)16/h2-3,6,14H,4-5H2,1H3,(H,10,11)(H,12,17)(H,15,16). The fraction of sp³-hybridized carbons (Fsp3) is 0.444. The summed E-state index contributed by atoms with van der Waals surface area (Å²) in [5.74, 6) is -0.763. The maximum absolute atomic E-state index is 11.5. The molecule has 1 rings (SSSR count). The number of amides is 2. The first-order valence-corrected chi connectivity index (χ1v) is 4.88. The second-order valence-corrected chi connectivity index (χ2v) is 3.43. The quantitative estimate of drug-likeness (QED) is 0.528. The minimum Gasteiger partial charge on any atom is -0.479 e. The number of aliphatic carboxylic acids is 1. The molecule has 4 N–H and O–H groups in total. The Labute approximate surface area is 97.3 Å². The van der Waals surface area contributed by atoms with Crippen LogP contribution in [0.5, 0.6) is 0 Å². The van der Waals surface area contributed by atoms with Crippen LogP contribution < -0.4 is 5.32 Å². The molecule has 17 heavy (non-hydrogen) atoms. The fourth-order valence-electron chi connectivity index (χ4n) is 1.09. The maximum Gasteiger partial charge on any atom is 0.334 e. The zero-order chi connectivity index (χ0) is 12.8. The smallest absolute Gasteiger partial charge is 0.334 e. The van der Waals surface area contributed by atoms with E-state index in [-0.39, 0.29) is 13.1 Å². The molecule has 0 radical (unpaired) electrons. The van der Waals surface area contributed by atoms with Gasteiger partial charge >= 0.3 is 12.0 Å². The molecule has 8 heteroatoms. The maximum atomic E-state index is 11.5. The van der Waals surface area contributed by atoms with Crippen molar-refractivity contribution < 1.29 is 19.8 Å². The average Bonchev–Trinajstić information content (AvgIpc) is 2.77. The Kier molecular flexibility index (Phi) is 4.46. The molecule has 0 saturated heterocycles. The number of carbonyl (C=O) groups is 2. The van der Waals surface area contributed by atoms with Crippen LogP contribution in [0.1, 0.15) is 5.82 Å². The van der Waals surface area contributed by atoms with Gasteiger partial charge in [-0.05, 0) is 0 Å². The highest BCUT2D eigenvalue weighted by Crippen LogP contribution is 1.95. The van der Waals surface area contributed by atoms with Gasteiger partial charge in [0, 0.05) is 19.4 Å². The zero-order valence-electron chi connectivity index (χ0n) is 9.25. The van der Waals surface area contributed by atoms with E-state index in [1.165, 1.54) is 11.9 Å². The minimum absolute atomic E-state index is 0.266. The molecule has 0 fully saturated rings. The molecule has 1 aromatic heterocycles. The van der Waals surface area contributed by atoms with Gasteiger partial charge in [-0.2, -0.15) is 0 Å². The third-order valence-electron chi connectivity index (χ3n) is 2.02. The number of aromatic nitrogens is 2. The number of hydrogen-bond donors (Lipinski definition) is 4. The third kappa shape index (κ3) is 4.11. The van der Waals surface area contributed by atoms with Gasteiger partial charge < -0.3 is 25.4 Å². The number of hydrogen-bond acceptors (Lipinski definition) is 4. The molecule has 8 nitrogen and oxygen atoms in total. The van der Waals surface area contributed by atoms with Gasteiger partial charge in [-0.25, -0.2) is 14.6 Å². The molecule has 2 amide bonds. The van der Waals surface area contributed by atoms with Crippen molar-refractivity contribution >= 4 is 12.0 Å². The summed E-state index contributed by atoms with van der Waals surface area (Å²) < 4.78 is 0. The van der Waals surface area contributed by atoms with Crippen LogP contribution in [0.3, 0.4) is 0 Å². The number of aliphatic hydroxyl groups is 1. The third-order valence-corrected chi connectivity index (χ3v) is 2.02. The number of nitrogens with one attached hydrogen (secondary N) is 2. The lowest BCUT2D eigenvalue weighted by Gasteiger charge is -2.17. The van der Waals surface area contributed by atoms with Gasteiger partial charge in [0.2, 0.25) is 0 Å². The first-order valence-electron chi connectivity index (χ1n) is 4.88. The molecule has 0 saturated carbocycles. The fourth-order valence-corrected chi connectivity index (χ4v) is 1.09. The monoisotopic (exact) mass is 242 g/mol. The summed E-state index contributed by atoms with van der Waals surface area (Å²) >= 11 is 0. The van der Waals surface area contributed by atoms with E-state index in [0.717, 1.165) is 0 Å². The number of carboxylic acid groups (broad SMARTS) is 1. The van der Waals surface area contributed by atoms with Gasteiger partial charge in [0.05, 0.1) is 13.1 Å². The lowest BCUT2D eigenvalue weighted by molar-refractivity contribution is -0.146. The van der Waals surface area contributed by atoms with Crippen molar-refractivity contribution in [3.63, 3.8) is 0 Å². The van der Waals surface area contributed by atoms with E-state index in [0.29, 0.717) is 5.82 Å². The first kappa shape index (κ1) is 13.0. The molecule has 1 heterocycles. The van der Waals surface area contributed by atoms with Gasteiger partial charge in [0.15, 0.2) is 6.10 Å². The Morgan fingerprint density at radius 2 is 2.35 bits per heavy atom. The number of rotatable bonds is 5. The van der Waals surface area contributed by atoms with Crippen LogP contribution >= 0.6 is 0 Å². The molecular weight excluding hydrogens is 228 g/mol. The van der Waals surface area contributed by atoms with Crippen molar-refractivity contribution in [2.24, 2.45) is 0 Å². The molecule has 0 aliphatic rings. The van der Waals surface area contributed by atoms with E-state index in [1.807, 2.05) is 0 Å². The van der Waals surface area contributed by atoms with Gasteiger partial charge in [0.1, 0.15) is 5.82 Å². The number of carbonyl (C=O) groups excluding carboxylic acids is 1. The van der Waals surface area contributed by atoms with Crippen molar-refractivity contribution in [3.8, 4) is 0 Å². The number of urea groups is 1. The number of aliphatic hydroxyl groups excluding tert-OH is 1. The van der Waals surface area contributed by atoms with E-state index in [9.17, 15) is 9.59 Å². The van der Waals surface area contributed by atoms with Gasteiger partial charge in [-0.15, -0.1) is 0 Å². The van der Waals surface area contributed by atoms with E-state index >= 15 is 0 Å². The lowest BCUT2D eigenvalue weighted by atomic mass is 10.3. The first-order chi connectivity index (χ1) is 8.00. The molecule has 1 aromatic rings. The predicted octanol–water partition coefficient (Wildman–Crippen LogP) is -1.00. The second kappa shape index (κ2) is 5.85. The largest absolute Gasteiger partial charge is 0.479 e. The van der Waals surface area contributed by atoms with Gasteiger partial charge in [-0.1, -0.05) is 0 Å². The normalized spacial score (nSPS) is 11.9. The summed E-state index contributed by atoms with van der Waals surface area (Å²) in [5.41, 5.74) is 0. The summed E-state index contributed by atoms with van der Waals surface area (Å²) in [6.07, 6.45) is 1.60. The van der Waals surface area contributed by atoms with Crippen molar-refractivity contribution in [1.82, 2.24) is 20.2 Å². The highest BCUT2D eigenvalue weighted by Gasteiger charge is 2.16. The Bertz CT molecular complexity index is 378. The van der Waals surface area contributed by atoms with Crippen molar-refractivity contribution in [2.75, 3.05) is 13.6 Å². The summed E-state index contributed by atoms with van der Waals surface area (Å²) in [4.78, 5) is 29.9. The number of aromatic amines is 1. The van der Waals surface area contributed by atoms with E-state index in [1.54, 1.807) is 12.4 Å². The highest BCUT2D eigenvalue weighted by atomic mass is 16.4. The highest BCUT2D eigenvalue weighted by molar-refractivity contribution is 5.76. The number of carboxylic acids is 1. The van der Waals surface area contributed by atoms with Crippen LogP contribution in [-0.4, -0.2) is 56.8 Å². The second-order valence-electron chi connectivity index (χ2n) is 3.43. The summed E-state index contributed by atoms with van der Waals surface area (Å²) in [5, 5.41) is 19.7. The van der Waals surface area contributed by atoms with Gasteiger partial charge in [-0.3, -0.25) is 0 Å². The SMILES string of the molecule is CN(Cc1ncc[nH]1)C(=O)NCC(O)C(=O)O. The van der Waals surface area contributed by atoms with Crippen LogP contribution in [0.25, 0.3) is 0 Å². The molecule has 0 spiro atoms. The lowest BCUT2D eigenvalue weighted by Crippen LogP contribution is -2.42. The van der Waals surface area contributed by atoms with Gasteiger partial charge in [0.25, 0.3) is 0 Å². The topological polar surface area (TPSA) is 119 Å². The van der Waals surface area contributed by atoms with E-state index in [2.05, 4.69) is 15.3 Å². The zero-order valence-corrected chi connectivity index (χ0v) is 9.25. The van der Waals surface area contributed by atoms with Crippen molar-refractivity contribution in [1.29, 1.82) is 0 Å². The number of H-pyrrole nitrogens is 1. The molecule has 1 atom stereocenters. The Hall–Kier alpha value is -2.09. The van der Waals surface area contributed by atoms with Crippen LogP contribution in [-0.2, 0) is 11.3 Å². The number of imidazole rings is 1. The van der Waals surface area contributed by atoms with Crippen LogP contribution in [0, 0.1) is 0 Å². The Balaban J connectivity index is 2.34. The molecule has 1 unspecified atom stereocenters. The van der Waals surface area contributed by atoms with Crippen molar-refractivity contribution in [3.05, 3.63) is 18.2 Å². The molecule has 0 bridgehead atoms. The van der Waals surface area contributed by atoms with Crippen LogP contribution in [0.2, 0.25) is 0 Å². The van der Waals surface area contributed by atoms with Crippen LogP contribution in [0.15, 0.2) is 12.4 Å². The molecule has 0 aliphatic heterocycles. The van der Waals surface area contributed by atoms with Crippen molar-refractivity contribution in [2.45, 2.75) is 12.6 Å². The predicted molar refractivity (Wildman–Crippen MR) is 57.1 cm³/mol. The minimum atomic E-state index is -1.60. The molecule has 0 aromatic carbocycles. The molecule has 0 aliphatic carbocycles. The average molecular weight is 242 g/mol. The molecule has 94 valence electrons. The Morgan fingerprint density at radius 3 is 2.88 bits per heavy atom.